The van der Waals surface area contributed by atoms with Gasteiger partial charge in [0, 0.05) is 45.3 Å². The molecular weight excluding hydrogens is 250 g/mol. The molecule has 112 valence electrons. The predicted molar refractivity (Wildman–Crippen MR) is 82.7 cm³/mol. The van der Waals surface area contributed by atoms with E-state index in [4.69, 9.17) is 5.73 Å². The summed E-state index contributed by atoms with van der Waals surface area (Å²) in [7, 11) is 0. The van der Waals surface area contributed by atoms with E-state index in [-0.39, 0.29) is 0 Å². The normalized spacial score (nSPS) is 19.1. The third-order valence-electron chi connectivity index (χ3n) is 4.16. The van der Waals surface area contributed by atoms with E-state index in [2.05, 4.69) is 16.7 Å². The monoisotopic (exact) mass is 277 g/mol. The lowest BCUT2D eigenvalue weighted by Crippen LogP contribution is -2.51. The summed E-state index contributed by atoms with van der Waals surface area (Å²) in [6.45, 7) is 8.38. The number of nitrogens with zero attached hydrogens (tertiary/aromatic N) is 2. The molecule has 1 aromatic carbocycles. The highest BCUT2D eigenvalue weighted by Gasteiger charge is 2.22. The molecule has 0 aliphatic carbocycles. The molecule has 3 N–H and O–H groups in total. The van der Waals surface area contributed by atoms with Crippen molar-refractivity contribution in [1.82, 2.24) is 9.80 Å². The number of aromatic hydroxyl groups is 1. The zero-order chi connectivity index (χ0) is 14.4. The summed E-state index contributed by atoms with van der Waals surface area (Å²) in [5.41, 5.74) is 7.15. The smallest absolute Gasteiger partial charge is 0.115 e. The number of phenols is 1. The molecule has 1 saturated heterocycles. The van der Waals surface area contributed by atoms with Crippen LogP contribution in [0, 0.1) is 0 Å². The maximum absolute atomic E-state index is 9.30. The first kappa shape index (κ1) is 15.3. The van der Waals surface area contributed by atoms with Gasteiger partial charge in [0.15, 0.2) is 0 Å². The van der Waals surface area contributed by atoms with Crippen LogP contribution in [0.15, 0.2) is 24.3 Å². The van der Waals surface area contributed by atoms with E-state index in [1.807, 2.05) is 12.1 Å². The van der Waals surface area contributed by atoms with Crippen molar-refractivity contribution in [3.8, 4) is 5.75 Å². The maximum atomic E-state index is 9.30. The van der Waals surface area contributed by atoms with Crippen LogP contribution in [0.25, 0.3) is 0 Å². The van der Waals surface area contributed by atoms with Crippen LogP contribution < -0.4 is 5.73 Å². The van der Waals surface area contributed by atoms with Crippen LogP contribution in [-0.4, -0.2) is 53.7 Å². The van der Waals surface area contributed by atoms with Gasteiger partial charge in [-0.1, -0.05) is 25.5 Å². The van der Waals surface area contributed by atoms with Gasteiger partial charge in [-0.2, -0.15) is 0 Å². The van der Waals surface area contributed by atoms with Crippen LogP contribution in [0.4, 0.5) is 0 Å². The van der Waals surface area contributed by atoms with Gasteiger partial charge >= 0.3 is 0 Å². The first-order chi connectivity index (χ1) is 9.72. The minimum Gasteiger partial charge on any atom is -0.508 e. The quantitative estimate of drug-likeness (QED) is 0.830. The van der Waals surface area contributed by atoms with Crippen LogP contribution in [0.2, 0.25) is 0 Å². The molecule has 1 atom stereocenters. The molecule has 20 heavy (non-hydrogen) atoms. The number of benzene rings is 1. The van der Waals surface area contributed by atoms with Crippen molar-refractivity contribution in [3.63, 3.8) is 0 Å². The highest BCUT2D eigenvalue weighted by atomic mass is 16.3. The van der Waals surface area contributed by atoms with Gasteiger partial charge in [-0.25, -0.2) is 0 Å². The Morgan fingerprint density at radius 2 is 1.80 bits per heavy atom. The zero-order valence-corrected chi connectivity index (χ0v) is 12.5. The summed E-state index contributed by atoms with van der Waals surface area (Å²) in [5.74, 6) is 0.337. The highest BCUT2D eigenvalue weighted by molar-refractivity contribution is 5.25. The van der Waals surface area contributed by atoms with Gasteiger partial charge < -0.3 is 10.8 Å². The summed E-state index contributed by atoms with van der Waals surface area (Å²) < 4.78 is 0. The maximum Gasteiger partial charge on any atom is 0.115 e. The standard InChI is InChI=1S/C16H27N3O/c1-2-3-15(12-17)19-10-8-18(9-11-19)13-14-4-6-16(20)7-5-14/h4-7,15,20H,2-3,8-13,17H2,1H3. The van der Waals surface area contributed by atoms with Gasteiger partial charge in [0.2, 0.25) is 0 Å². The van der Waals surface area contributed by atoms with Gasteiger partial charge in [0.05, 0.1) is 0 Å². The van der Waals surface area contributed by atoms with Crippen molar-refractivity contribution in [2.75, 3.05) is 32.7 Å². The van der Waals surface area contributed by atoms with Crippen molar-refractivity contribution in [2.45, 2.75) is 32.4 Å². The van der Waals surface area contributed by atoms with E-state index in [9.17, 15) is 5.11 Å². The number of rotatable bonds is 6. The fraction of sp³-hybridized carbons (Fsp3) is 0.625. The average molecular weight is 277 g/mol. The Bertz CT molecular complexity index is 385. The lowest BCUT2D eigenvalue weighted by Gasteiger charge is -2.39. The summed E-state index contributed by atoms with van der Waals surface area (Å²) >= 11 is 0. The number of nitrogens with two attached hydrogens (primary N) is 1. The van der Waals surface area contributed by atoms with E-state index in [0.29, 0.717) is 11.8 Å². The third-order valence-corrected chi connectivity index (χ3v) is 4.16. The Balaban J connectivity index is 1.80. The fourth-order valence-corrected chi connectivity index (χ4v) is 2.93. The van der Waals surface area contributed by atoms with Crippen LogP contribution in [-0.2, 0) is 6.54 Å². The topological polar surface area (TPSA) is 52.7 Å². The highest BCUT2D eigenvalue weighted by Crippen LogP contribution is 2.15. The van der Waals surface area contributed by atoms with Gasteiger partial charge in [0.25, 0.3) is 0 Å². The summed E-state index contributed by atoms with van der Waals surface area (Å²) in [5, 5.41) is 9.30. The van der Waals surface area contributed by atoms with E-state index in [0.717, 1.165) is 39.3 Å². The molecule has 0 radical (unpaired) electrons. The van der Waals surface area contributed by atoms with Crippen LogP contribution in [0.1, 0.15) is 25.3 Å². The average Bonchev–Trinajstić information content (AvgIpc) is 2.48. The van der Waals surface area contributed by atoms with Gasteiger partial charge in [-0.05, 0) is 24.1 Å². The molecule has 2 rings (SSSR count). The number of phenolic OH excluding ortho intramolecular Hbond substituents is 1. The molecule has 1 fully saturated rings. The molecule has 0 bridgehead atoms. The molecule has 0 spiro atoms. The molecule has 4 nitrogen and oxygen atoms in total. The van der Waals surface area contributed by atoms with Crippen molar-refractivity contribution in [3.05, 3.63) is 29.8 Å². The van der Waals surface area contributed by atoms with Crippen molar-refractivity contribution in [2.24, 2.45) is 5.73 Å². The molecule has 0 saturated carbocycles. The molecule has 1 aliphatic heterocycles. The van der Waals surface area contributed by atoms with Crippen molar-refractivity contribution >= 4 is 0 Å². The summed E-state index contributed by atoms with van der Waals surface area (Å²) in [6.07, 6.45) is 2.41. The van der Waals surface area contributed by atoms with Gasteiger partial charge in [-0.3, -0.25) is 9.80 Å². The second-order valence-corrected chi connectivity index (χ2v) is 5.66. The molecule has 1 aliphatic rings. The Labute approximate surface area is 122 Å². The van der Waals surface area contributed by atoms with Crippen LogP contribution in [0.3, 0.4) is 0 Å². The lowest BCUT2D eigenvalue weighted by molar-refractivity contribution is 0.0905. The van der Waals surface area contributed by atoms with Crippen LogP contribution >= 0.6 is 0 Å². The first-order valence-corrected chi connectivity index (χ1v) is 7.67. The zero-order valence-electron chi connectivity index (χ0n) is 12.5. The minimum atomic E-state index is 0.337. The van der Waals surface area contributed by atoms with Crippen LogP contribution in [0.5, 0.6) is 5.75 Å². The van der Waals surface area contributed by atoms with E-state index < -0.39 is 0 Å². The second kappa shape index (κ2) is 7.62. The molecule has 1 aromatic rings. The first-order valence-electron chi connectivity index (χ1n) is 7.67. The molecule has 0 amide bonds. The van der Waals surface area contributed by atoms with E-state index in [1.54, 1.807) is 12.1 Å². The van der Waals surface area contributed by atoms with Gasteiger partial charge in [-0.15, -0.1) is 0 Å². The molecule has 0 aromatic heterocycles. The largest absolute Gasteiger partial charge is 0.508 e. The van der Waals surface area contributed by atoms with Crippen molar-refractivity contribution < 1.29 is 5.11 Å². The predicted octanol–water partition coefficient (Wildman–Crippen LogP) is 1.64. The van der Waals surface area contributed by atoms with Gasteiger partial charge in [0.1, 0.15) is 5.75 Å². The minimum absolute atomic E-state index is 0.337. The summed E-state index contributed by atoms with van der Waals surface area (Å²) in [6, 6.07) is 8.08. The Kier molecular flexibility index (Phi) is 5.83. The fourth-order valence-electron chi connectivity index (χ4n) is 2.93. The Morgan fingerprint density at radius 3 is 2.35 bits per heavy atom. The van der Waals surface area contributed by atoms with Crippen molar-refractivity contribution in [1.29, 1.82) is 0 Å². The third kappa shape index (κ3) is 4.20. The van der Waals surface area contributed by atoms with E-state index in [1.165, 1.54) is 18.4 Å². The molecule has 4 heteroatoms. The Hall–Kier alpha value is -1.10. The number of piperazine rings is 1. The lowest BCUT2D eigenvalue weighted by atomic mass is 10.1. The Morgan fingerprint density at radius 1 is 1.15 bits per heavy atom. The molecule has 1 heterocycles. The number of hydrogen-bond donors (Lipinski definition) is 2. The SMILES string of the molecule is CCCC(CN)N1CCN(Cc2ccc(O)cc2)CC1. The summed E-state index contributed by atoms with van der Waals surface area (Å²) in [4.78, 5) is 5.01. The van der Waals surface area contributed by atoms with E-state index >= 15 is 0 Å². The second-order valence-electron chi connectivity index (χ2n) is 5.66. The molecular formula is C16H27N3O. The molecule has 1 unspecified atom stereocenters. The number of hydrogen-bond acceptors (Lipinski definition) is 4.